The van der Waals surface area contributed by atoms with E-state index in [9.17, 15) is 44.3 Å². The van der Waals surface area contributed by atoms with Crippen LogP contribution in [-0.2, 0) is 28.8 Å². The van der Waals surface area contributed by atoms with E-state index >= 15 is 0 Å². The van der Waals surface area contributed by atoms with E-state index in [1.54, 1.807) is 0 Å². The maximum Gasteiger partial charge on any atom is 0.246 e. The van der Waals surface area contributed by atoms with Crippen molar-refractivity contribution in [3.63, 3.8) is 0 Å². The van der Waals surface area contributed by atoms with Crippen molar-refractivity contribution in [2.45, 2.75) is 109 Å². The fourth-order valence-electron chi connectivity index (χ4n) is 4.23. The Morgan fingerprint density at radius 1 is 0.500 bits per heavy atom. The topological polar surface area (TPSA) is 206 Å². The van der Waals surface area contributed by atoms with Gasteiger partial charge < -0.3 is 21.1 Å². The number of aliphatic hydroxyl groups excluding tert-OH is 1. The Balaban J connectivity index is 2.49. The van der Waals surface area contributed by atoms with Crippen LogP contribution in [-0.4, -0.2) is 99.8 Å². The number of aliphatic hydroxyl groups is 1. The standard InChI is InChI=1S/C28H49N5O9/c34-22-10-4-1-5-17-30-25(37)13-15-27(39)33(42)21-9-3-7-19-31-26(38)14-16-28(40)32(41)20-8-2-6-18-29-24(36)12-11-23(22)35/h22,34,41-42H,1-21H2,(H,29,36)(H,30,37)(H,31,38). The monoisotopic (exact) mass is 599 g/mol. The van der Waals surface area contributed by atoms with E-state index in [0.29, 0.717) is 87.5 Å². The fraction of sp³-hybridized carbons (Fsp3) is 0.786. The van der Waals surface area contributed by atoms with Crippen molar-refractivity contribution in [1.82, 2.24) is 26.1 Å². The van der Waals surface area contributed by atoms with Gasteiger partial charge in [-0.05, 0) is 51.4 Å². The number of ketones is 1. The van der Waals surface area contributed by atoms with Gasteiger partial charge in [0, 0.05) is 71.2 Å². The van der Waals surface area contributed by atoms with Crippen molar-refractivity contribution in [1.29, 1.82) is 0 Å². The number of carbonyl (C=O) groups excluding carboxylic acids is 6. The Labute approximate surface area is 247 Å². The van der Waals surface area contributed by atoms with E-state index < -0.39 is 23.7 Å². The first-order valence-electron chi connectivity index (χ1n) is 15.1. The minimum atomic E-state index is -1.14. The second kappa shape index (κ2) is 22.5. The Hall–Kier alpha value is -3.10. The molecular formula is C28H49N5O9. The van der Waals surface area contributed by atoms with E-state index in [0.717, 1.165) is 0 Å². The van der Waals surface area contributed by atoms with Crippen LogP contribution in [0, 0.1) is 0 Å². The van der Waals surface area contributed by atoms with Crippen molar-refractivity contribution in [3.8, 4) is 0 Å². The zero-order valence-corrected chi connectivity index (χ0v) is 24.6. The molecule has 0 spiro atoms. The molecule has 1 unspecified atom stereocenters. The molecule has 1 aliphatic heterocycles. The molecule has 5 amide bonds. The number of hydrogen-bond donors (Lipinski definition) is 6. The predicted molar refractivity (Wildman–Crippen MR) is 151 cm³/mol. The minimum Gasteiger partial charge on any atom is -0.385 e. The molecule has 0 aromatic rings. The second-order valence-electron chi connectivity index (χ2n) is 10.5. The molecule has 1 heterocycles. The highest BCUT2D eigenvalue weighted by molar-refractivity contribution is 5.87. The summed E-state index contributed by atoms with van der Waals surface area (Å²) in [5.74, 6) is -2.43. The molecule has 1 aliphatic rings. The average Bonchev–Trinajstić information content (AvgIpc) is 2.97. The van der Waals surface area contributed by atoms with Gasteiger partial charge in [0.05, 0.1) is 0 Å². The summed E-state index contributed by atoms with van der Waals surface area (Å²) in [5.41, 5.74) is 0. The zero-order valence-electron chi connectivity index (χ0n) is 24.6. The van der Waals surface area contributed by atoms with Crippen molar-refractivity contribution in [2.24, 2.45) is 0 Å². The summed E-state index contributed by atoms with van der Waals surface area (Å²) in [6.07, 6.45) is 4.12. The maximum absolute atomic E-state index is 12.1. The Morgan fingerprint density at radius 2 is 0.881 bits per heavy atom. The van der Waals surface area contributed by atoms with Crippen LogP contribution in [0.15, 0.2) is 0 Å². The lowest BCUT2D eigenvalue weighted by atomic mass is 10.0. The van der Waals surface area contributed by atoms with Crippen LogP contribution in [0.2, 0.25) is 0 Å². The first-order valence-corrected chi connectivity index (χ1v) is 15.1. The molecule has 0 aliphatic carbocycles. The molecule has 6 N–H and O–H groups in total. The number of Topliss-reactive ketones (excluding diaryl/α,β-unsaturated/α-hetero) is 1. The lowest BCUT2D eigenvalue weighted by Gasteiger charge is -2.15. The molecule has 0 aromatic heterocycles. The highest BCUT2D eigenvalue weighted by Gasteiger charge is 2.17. The molecule has 0 saturated carbocycles. The number of nitrogens with zero attached hydrogens (tertiary/aromatic N) is 2. The van der Waals surface area contributed by atoms with Gasteiger partial charge in [-0.25, -0.2) is 10.1 Å². The molecule has 1 rings (SSSR count). The van der Waals surface area contributed by atoms with Crippen LogP contribution >= 0.6 is 0 Å². The van der Waals surface area contributed by atoms with Crippen LogP contribution in [0.1, 0.15) is 103 Å². The first kappa shape index (κ1) is 36.9. The number of hydroxylamine groups is 4. The van der Waals surface area contributed by atoms with Gasteiger partial charge in [-0.1, -0.05) is 12.8 Å². The van der Waals surface area contributed by atoms with Crippen molar-refractivity contribution in [2.75, 3.05) is 32.7 Å². The van der Waals surface area contributed by atoms with Crippen LogP contribution in [0.5, 0.6) is 0 Å². The summed E-state index contributed by atoms with van der Waals surface area (Å²) >= 11 is 0. The number of amides is 5. The van der Waals surface area contributed by atoms with Crippen LogP contribution < -0.4 is 16.0 Å². The van der Waals surface area contributed by atoms with Crippen LogP contribution in [0.25, 0.3) is 0 Å². The van der Waals surface area contributed by atoms with Gasteiger partial charge in [-0.3, -0.25) is 39.2 Å². The fourth-order valence-corrected chi connectivity index (χ4v) is 4.23. The van der Waals surface area contributed by atoms with Gasteiger partial charge in [0.15, 0.2) is 5.78 Å². The third kappa shape index (κ3) is 18.4. The number of hydrogen-bond acceptors (Lipinski definition) is 9. The normalized spacial score (nSPS) is 23.1. The average molecular weight is 600 g/mol. The smallest absolute Gasteiger partial charge is 0.246 e. The van der Waals surface area contributed by atoms with E-state index in [-0.39, 0.29) is 75.8 Å². The highest BCUT2D eigenvalue weighted by Crippen LogP contribution is 2.08. The van der Waals surface area contributed by atoms with Gasteiger partial charge in [-0.15, -0.1) is 0 Å². The number of rotatable bonds is 0. The zero-order chi connectivity index (χ0) is 31.2. The summed E-state index contributed by atoms with van der Waals surface area (Å²) in [6.45, 7) is 1.38. The predicted octanol–water partition coefficient (Wildman–Crippen LogP) is 0.956. The molecule has 1 atom stereocenters. The third-order valence-corrected chi connectivity index (χ3v) is 6.89. The summed E-state index contributed by atoms with van der Waals surface area (Å²) in [5, 5.41) is 39.2. The second-order valence-corrected chi connectivity index (χ2v) is 10.5. The van der Waals surface area contributed by atoms with Gasteiger partial charge in [0.25, 0.3) is 0 Å². The van der Waals surface area contributed by atoms with Gasteiger partial charge in [-0.2, -0.15) is 0 Å². The van der Waals surface area contributed by atoms with Crippen molar-refractivity contribution in [3.05, 3.63) is 0 Å². The molecular weight excluding hydrogens is 550 g/mol. The lowest BCUT2D eigenvalue weighted by molar-refractivity contribution is -0.166. The molecule has 240 valence electrons. The first-order chi connectivity index (χ1) is 20.1. The van der Waals surface area contributed by atoms with Crippen LogP contribution in [0.4, 0.5) is 0 Å². The Morgan fingerprint density at radius 3 is 1.31 bits per heavy atom. The molecule has 14 heteroatoms. The molecule has 0 radical (unpaired) electrons. The Kier molecular flexibility index (Phi) is 19.8. The Bertz CT molecular complexity index is 761. The number of nitrogens with one attached hydrogen (secondary N) is 3. The molecule has 42 heavy (non-hydrogen) atoms. The van der Waals surface area contributed by atoms with E-state index in [4.69, 9.17) is 0 Å². The largest absolute Gasteiger partial charge is 0.385 e. The quantitative estimate of drug-likeness (QED) is 0.219. The molecule has 0 bridgehead atoms. The third-order valence-electron chi connectivity index (χ3n) is 6.89. The van der Waals surface area contributed by atoms with Crippen LogP contribution in [0.3, 0.4) is 0 Å². The van der Waals surface area contributed by atoms with E-state index in [1.165, 1.54) is 0 Å². The van der Waals surface area contributed by atoms with Crippen molar-refractivity contribution < 1.29 is 44.3 Å². The number of carbonyl (C=O) groups is 6. The van der Waals surface area contributed by atoms with Crippen molar-refractivity contribution >= 4 is 35.3 Å². The van der Waals surface area contributed by atoms with E-state index in [2.05, 4.69) is 16.0 Å². The summed E-state index contributed by atoms with van der Waals surface area (Å²) < 4.78 is 0. The highest BCUT2D eigenvalue weighted by atomic mass is 16.5. The van der Waals surface area contributed by atoms with E-state index in [1.807, 2.05) is 0 Å². The lowest BCUT2D eigenvalue weighted by Crippen LogP contribution is -2.31. The molecule has 1 saturated heterocycles. The molecule has 1 fully saturated rings. The molecule has 0 aromatic carbocycles. The SMILES string of the molecule is O=C1CCC(=O)C(O)CCCCCNC(=O)CCC(=O)N(O)CCCCCNC(=O)CCC(=O)N(O)CCCCCN1. The van der Waals surface area contributed by atoms with Gasteiger partial charge >= 0.3 is 0 Å². The summed E-state index contributed by atoms with van der Waals surface area (Å²) in [7, 11) is 0. The summed E-state index contributed by atoms with van der Waals surface area (Å²) in [4.78, 5) is 72.1. The maximum atomic E-state index is 12.1. The van der Waals surface area contributed by atoms with Gasteiger partial charge in [0.1, 0.15) is 6.10 Å². The minimum absolute atomic E-state index is 0.0229. The molecule has 14 nitrogen and oxygen atoms in total. The summed E-state index contributed by atoms with van der Waals surface area (Å²) in [6, 6.07) is 0. The van der Waals surface area contributed by atoms with Gasteiger partial charge in [0.2, 0.25) is 29.5 Å².